The lowest BCUT2D eigenvalue weighted by molar-refractivity contribution is -0.113. The topological polar surface area (TPSA) is 30.0 Å². The SMILES string of the molecule is O=C1C=CC=CC1.c1cscn1. The Morgan fingerprint density at radius 2 is 2.33 bits per heavy atom. The number of aromatic nitrogens is 1. The van der Waals surface area contributed by atoms with E-state index in [0.717, 1.165) is 0 Å². The summed E-state index contributed by atoms with van der Waals surface area (Å²) in [5, 5.41) is 1.93. The van der Waals surface area contributed by atoms with E-state index in [-0.39, 0.29) is 5.78 Å². The van der Waals surface area contributed by atoms with E-state index in [2.05, 4.69) is 4.98 Å². The van der Waals surface area contributed by atoms with Gasteiger partial charge in [0.05, 0.1) is 5.51 Å². The first-order chi connectivity index (χ1) is 5.89. The number of carbonyl (C=O) groups excluding carboxylic acids is 1. The van der Waals surface area contributed by atoms with Gasteiger partial charge < -0.3 is 0 Å². The Morgan fingerprint density at radius 1 is 1.42 bits per heavy atom. The number of thiazole rings is 1. The van der Waals surface area contributed by atoms with Crippen molar-refractivity contribution in [2.45, 2.75) is 6.42 Å². The molecule has 0 N–H and O–H groups in total. The number of rotatable bonds is 0. The molecule has 0 radical (unpaired) electrons. The van der Waals surface area contributed by atoms with Gasteiger partial charge in [0.2, 0.25) is 0 Å². The van der Waals surface area contributed by atoms with Crippen molar-refractivity contribution in [1.82, 2.24) is 4.98 Å². The van der Waals surface area contributed by atoms with Gasteiger partial charge >= 0.3 is 0 Å². The van der Waals surface area contributed by atoms with Crippen molar-refractivity contribution in [3.8, 4) is 0 Å². The highest BCUT2D eigenvalue weighted by molar-refractivity contribution is 7.07. The fourth-order valence-corrected chi connectivity index (χ4v) is 1.02. The standard InChI is InChI=1S/C6H6O.C3H3NS/c7-6-4-2-1-3-5-6;1-2-5-3-4-1/h1-4H,5H2;1-3H. The maximum absolute atomic E-state index is 10.3. The van der Waals surface area contributed by atoms with Gasteiger partial charge in [0.1, 0.15) is 0 Å². The Labute approximate surface area is 75.3 Å². The van der Waals surface area contributed by atoms with Crippen LogP contribution in [0.2, 0.25) is 0 Å². The smallest absolute Gasteiger partial charge is 0.159 e. The molecular weight excluding hydrogens is 170 g/mol. The highest BCUT2D eigenvalue weighted by Gasteiger charge is 1.92. The second-order valence-electron chi connectivity index (χ2n) is 2.13. The molecule has 62 valence electrons. The van der Waals surface area contributed by atoms with Gasteiger partial charge in [0.25, 0.3) is 0 Å². The highest BCUT2D eigenvalue weighted by atomic mass is 32.1. The van der Waals surface area contributed by atoms with E-state index in [1.54, 1.807) is 35.2 Å². The Bertz CT molecular complexity index is 258. The number of ketones is 1. The zero-order valence-corrected chi connectivity index (χ0v) is 7.33. The van der Waals surface area contributed by atoms with E-state index in [1.807, 2.05) is 17.5 Å². The molecule has 0 bridgehead atoms. The quantitative estimate of drug-likeness (QED) is 0.611. The first-order valence-electron chi connectivity index (χ1n) is 3.58. The summed E-state index contributed by atoms with van der Waals surface area (Å²) in [6, 6.07) is 0. The Kier molecular flexibility index (Phi) is 4.02. The Hall–Kier alpha value is -1.22. The van der Waals surface area contributed by atoms with Gasteiger partial charge in [-0.1, -0.05) is 18.2 Å². The van der Waals surface area contributed by atoms with Crippen LogP contribution in [0.5, 0.6) is 0 Å². The van der Waals surface area contributed by atoms with Crippen LogP contribution < -0.4 is 0 Å². The molecule has 1 aliphatic carbocycles. The summed E-state index contributed by atoms with van der Waals surface area (Å²) < 4.78 is 0. The van der Waals surface area contributed by atoms with E-state index >= 15 is 0 Å². The molecule has 0 aliphatic heterocycles. The highest BCUT2D eigenvalue weighted by Crippen LogP contribution is 1.94. The second-order valence-corrected chi connectivity index (χ2v) is 2.89. The minimum atomic E-state index is 0.197. The molecule has 0 saturated heterocycles. The third-order valence-corrected chi connectivity index (χ3v) is 1.72. The molecule has 0 amide bonds. The summed E-state index contributed by atoms with van der Waals surface area (Å²) in [5.74, 6) is 0.197. The molecule has 1 aliphatic rings. The van der Waals surface area contributed by atoms with Gasteiger partial charge in [0, 0.05) is 18.0 Å². The van der Waals surface area contributed by atoms with Gasteiger partial charge in [-0.15, -0.1) is 11.3 Å². The van der Waals surface area contributed by atoms with Crippen LogP contribution in [0.1, 0.15) is 6.42 Å². The fraction of sp³-hybridized carbons (Fsp3) is 0.111. The average molecular weight is 179 g/mol. The molecule has 2 rings (SSSR count). The summed E-state index contributed by atoms with van der Waals surface area (Å²) in [4.78, 5) is 14.1. The summed E-state index contributed by atoms with van der Waals surface area (Å²) in [7, 11) is 0. The largest absolute Gasteiger partial charge is 0.295 e. The third kappa shape index (κ3) is 3.83. The van der Waals surface area contributed by atoms with Crippen molar-refractivity contribution in [3.05, 3.63) is 41.4 Å². The third-order valence-electron chi connectivity index (χ3n) is 1.20. The zero-order chi connectivity index (χ0) is 8.65. The van der Waals surface area contributed by atoms with Crippen molar-refractivity contribution in [2.24, 2.45) is 0 Å². The first-order valence-corrected chi connectivity index (χ1v) is 4.52. The maximum Gasteiger partial charge on any atom is 0.159 e. The van der Waals surface area contributed by atoms with Crippen molar-refractivity contribution in [3.63, 3.8) is 0 Å². The monoisotopic (exact) mass is 179 g/mol. The van der Waals surface area contributed by atoms with Crippen molar-refractivity contribution >= 4 is 17.1 Å². The molecule has 0 unspecified atom stereocenters. The zero-order valence-electron chi connectivity index (χ0n) is 6.51. The molecule has 0 saturated carbocycles. The summed E-state index contributed by atoms with van der Waals surface area (Å²) in [5.41, 5.74) is 1.79. The van der Waals surface area contributed by atoms with E-state index < -0.39 is 0 Å². The molecule has 3 heteroatoms. The lowest BCUT2D eigenvalue weighted by Gasteiger charge is -1.88. The minimum absolute atomic E-state index is 0.197. The normalized spacial score (nSPS) is 13.8. The van der Waals surface area contributed by atoms with E-state index in [1.165, 1.54) is 0 Å². The Morgan fingerprint density at radius 3 is 2.58 bits per heavy atom. The molecule has 1 aromatic heterocycles. The van der Waals surface area contributed by atoms with Crippen molar-refractivity contribution < 1.29 is 4.79 Å². The van der Waals surface area contributed by atoms with E-state index in [4.69, 9.17) is 0 Å². The molecule has 0 fully saturated rings. The van der Waals surface area contributed by atoms with Gasteiger partial charge in [-0.25, -0.2) is 0 Å². The van der Waals surface area contributed by atoms with Gasteiger partial charge in [-0.3, -0.25) is 9.78 Å². The van der Waals surface area contributed by atoms with Crippen LogP contribution in [0.3, 0.4) is 0 Å². The summed E-state index contributed by atoms with van der Waals surface area (Å²) in [6.45, 7) is 0. The average Bonchev–Trinajstić information content (AvgIpc) is 2.62. The molecule has 0 aromatic carbocycles. The molecule has 2 nitrogen and oxygen atoms in total. The van der Waals surface area contributed by atoms with Crippen LogP contribution in [0.15, 0.2) is 41.4 Å². The van der Waals surface area contributed by atoms with Crippen LogP contribution in [-0.4, -0.2) is 10.8 Å². The predicted octanol–water partition coefficient (Wildman–Crippen LogP) is 2.21. The van der Waals surface area contributed by atoms with Crippen LogP contribution in [-0.2, 0) is 4.79 Å². The molecule has 0 atom stereocenters. The number of allylic oxidation sites excluding steroid dienone is 4. The summed E-state index contributed by atoms with van der Waals surface area (Å²) >= 11 is 1.60. The van der Waals surface area contributed by atoms with Gasteiger partial charge in [0.15, 0.2) is 5.78 Å². The van der Waals surface area contributed by atoms with E-state index in [9.17, 15) is 4.79 Å². The minimum Gasteiger partial charge on any atom is -0.295 e. The molecular formula is C9H9NOS. The van der Waals surface area contributed by atoms with Crippen LogP contribution in [0.4, 0.5) is 0 Å². The molecule has 1 aromatic rings. The lowest BCUT2D eigenvalue weighted by atomic mass is 10.2. The molecule has 0 spiro atoms. The number of nitrogens with zero attached hydrogens (tertiary/aromatic N) is 1. The molecule has 12 heavy (non-hydrogen) atoms. The lowest BCUT2D eigenvalue weighted by Crippen LogP contribution is -1.90. The van der Waals surface area contributed by atoms with E-state index in [0.29, 0.717) is 6.42 Å². The Balaban J connectivity index is 0.000000127. The van der Waals surface area contributed by atoms with Gasteiger partial charge in [-0.2, -0.15) is 0 Å². The van der Waals surface area contributed by atoms with Gasteiger partial charge in [-0.05, 0) is 6.08 Å². The van der Waals surface area contributed by atoms with Crippen molar-refractivity contribution in [1.29, 1.82) is 0 Å². The van der Waals surface area contributed by atoms with Crippen LogP contribution in [0, 0.1) is 0 Å². The first kappa shape index (κ1) is 8.87. The van der Waals surface area contributed by atoms with Crippen molar-refractivity contribution in [2.75, 3.05) is 0 Å². The predicted molar refractivity (Wildman–Crippen MR) is 50.0 cm³/mol. The molecule has 1 heterocycles. The fourth-order valence-electron chi connectivity index (χ4n) is 0.669. The summed E-state index contributed by atoms with van der Waals surface area (Å²) in [6.07, 6.45) is 9.41. The van der Waals surface area contributed by atoms with Crippen LogP contribution in [0.25, 0.3) is 0 Å². The number of hydrogen-bond acceptors (Lipinski definition) is 3. The van der Waals surface area contributed by atoms with Crippen LogP contribution >= 0.6 is 11.3 Å². The maximum atomic E-state index is 10.3. The second kappa shape index (κ2) is 5.43. The number of carbonyl (C=O) groups is 1. The number of hydrogen-bond donors (Lipinski definition) is 0.